The summed E-state index contributed by atoms with van der Waals surface area (Å²) in [5, 5.41) is 20.0. The first-order valence-corrected chi connectivity index (χ1v) is 8.95. The Labute approximate surface area is 159 Å². The highest BCUT2D eigenvalue weighted by Crippen LogP contribution is 2.33. The van der Waals surface area contributed by atoms with Crippen molar-refractivity contribution < 1.29 is 10.2 Å². The van der Waals surface area contributed by atoms with E-state index in [-0.39, 0.29) is 11.5 Å². The van der Waals surface area contributed by atoms with Gasteiger partial charge in [0.05, 0.1) is 0 Å². The van der Waals surface area contributed by atoms with Gasteiger partial charge in [-0.2, -0.15) is 0 Å². The molecule has 0 heterocycles. The average Bonchev–Trinajstić information content (AvgIpc) is 2.72. The molecule has 0 aromatic heterocycles. The lowest BCUT2D eigenvalue weighted by molar-refractivity contribution is 0.475. The Morgan fingerprint density at radius 2 is 0.889 bits per heavy atom. The minimum Gasteiger partial charge on any atom is -0.508 e. The highest BCUT2D eigenvalue weighted by atomic mass is 16.3. The van der Waals surface area contributed by atoms with Gasteiger partial charge in [0, 0.05) is 0 Å². The molecule has 0 aliphatic rings. The van der Waals surface area contributed by atoms with Gasteiger partial charge in [-0.25, -0.2) is 0 Å². The number of phenolic OH excluding ortho intramolecular Hbond substituents is 2. The van der Waals surface area contributed by atoms with Crippen molar-refractivity contribution in [1.29, 1.82) is 0 Å². The topological polar surface area (TPSA) is 40.5 Å². The quantitative estimate of drug-likeness (QED) is 0.471. The second-order valence-corrected chi connectivity index (χ2v) is 6.59. The molecular weight excluding hydrogens is 332 g/mol. The molecule has 0 radical (unpaired) electrons. The van der Waals surface area contributed by atoms with Gasteiger partial charge in [-0.15, -0.1) is 0 Å². The van der Waals surface area contributed by atoms with E-state index in [0.29, 0.717) is 6.42 Å². The van der Waals surface area contributed by atoms with Gasteiger partial charge in [0.1, 0.15) is 11.5 Å². The van der Waals surface area contributed by atoms with E-state index < -0.39 is 0 Å². The minimum absolute atomic E-state index is 0.256. The Kier molecular flexibility index (Phi) is 4.63. The number of phenols is 2. The van der Waals surface area contributed by atoms with Crippen molar-refractivity contribution >= 4 is 0 Å². The first-order chi connectivity index (χ1) is 13.2. The van der Waals surface area contributed by atoms with Crippen LogP contribution in [0.25, 0.3) is 22.3 Å². The zero-order valence-electron chi connectivity index (χ0n) is 14.8. The summed E-state index contributed by atoms with van der Waals surface area (Å²) in [6.45, 7) is 0. The maximum Gasteiger partial charge on any atom is 0.116 e. The Morgan fingerprint density at radius 3 is 1.30 bits per heavy atom. The molecule has 2 N–H and O–H groups in total. The Hall–Kier alpha value is -3.52. The van der Waals surface area contributed by atoms with Crippen LogP contribution in [0.15, 0.2) is 97.1 Å². The lowest BCUT2D eigenvalue weighted by Crippen LogP contribution is -1.95. The number of aromatic hydroxyl groups is 2. The summed E-state index contributed by atoms with van der Waals surface area (Å²) in [4.78, 5) is 0. The van der Waals surface area contributed by atoms with Gasteiger partial charge in [0.25, 0.3) is 0 Å². The fraction of sp³-hybridized carbons (Fsp3) is 0.0400. The third kappa shape index (κ3) is 3.70. The Bertz CT molecular complexity index is 967. The molecule has 0 atom stereocenters. The first-order valence-electron chi connectivity index (χ1n) is 8.95. The van der Waals surface area contributed by atoms with Crippen molar-refractivity contribution in [3.05, 3.63) is 108 Å². The van der Waals surface area contributed by atoms with Crippen LogP contribution in [0.2, 0.25) is 0 Å². The van der Waals surface area contributed by atoms with Crippen LogP contribution in [0, 0.1) is 0 Å². The summed E-state index contributed by atoms with van der Waals surface area (Å²) < 4.78 is 0. The standard InChI is InChI=1S/C25H20O2/c26-22-13-11-20(24(16-22)18-7-3-1-4-8-18)15-21-12-14-23(27)17-25(21)19-9-5-2-6-10-19/h1-14,16-17,26-27H,15H2. The molecule has 0 aliphatic heterocycles. The monoisotopic (exact) mass is 352 g/mol. The smallest absolute Gasteiger partial charge is 0.116 e. The molecule has 0 bridgehead atoms. The molecule has 27 heavy (non-hydrogen) atoms. The second kappa shape index (κ2) is 7.38. The van der Waals surface area contributed by atoms with E-state index in [4.69, 9.17) is 0 Å². The van der Waals surface area contributed by atoms with Crippen LogP contribution in [0.1, 0.15) is 11.1 Å². The molecule has 0 saturated heterocycles. The largest absolute Gasteiger partial charge is 0.508 e. The van der Waals surface area contributed by atoms with E-state index in [1.165, 1.54) is 0 Å². The summed E-state index contributed by atoms with van der Waals surface area (Å²) in [5.74, 6) is 0.512. The molecule has 4 aromatic rings. The molecule has 0 unspecified atom stereocenters. The highest BCUT2D eigenvalue weighted by Gasteiger charge is 2.11. The van der Waals surface area contributed by atoms with Crippen molar-refractivity contribution in [3.63, 3.8) is 0 Å². The van der Waals surface area contributed by atoms with Crippen LogP contribution in [0.4, 0.5) is 0 Å². The third-order valence-corrected chi connectivity index (χ3v) is 4.74. The summed E-state index contributed by atoms with van der Waals surface area (Å²) >= 11 is 0. The summed E-state index contributed by atoms with van der Waals surface area (Å²) in [6, 6.07) is 31.2. The van der Waals surface area contributed by atoms with Crippen LogP contribution in [-0.4, -0.2) is 10.2 Å². The van der Waals surface area contributed by atoms with Gasteiger partial charge in [-0.3, -0.25) is 0 Å². The van der Waals surface area contributed by atoms with E-state index in [0.717, 1.165) is 33.4 Å². The van der Waals surface area contributed by atoms with Crippen molar-refractivity contribution in [2.45, 2.75) is 6.42 Å². The lowest BCUT2D eigenvalue weighted by atomic mass is 9.90. The molecule has 2 heteroatoms. The summed E-state index contributed by atoms with van der Waals surface area (Å²) in [7, 11) is 0. The van der Waals surface area contributed by atoms with E-state index >= 15 is 0 Å². The number of rotatable bonds is 4. The van der Waals surface area contributed by atoms with Crippen molar-refractivity contribution in [1.82, 2.24) is 0 Å². The number of benzene rings is 4. The third-order valence-electron chi connectivity index (χ3n) is 4.74. The molecule has 4 aromatic carbocycles. The highest BCUT2D eigenvalue weighted by molar-refractivity contribution is 5.73. The minimum atomic E-state index is 0.256. The Morgan fingerprint density at radius 1 is 0.481 bits per heavy atom. The second-order valence-electron chi connectivity index (χ2n) is 6.59. The first kappa shape index (κ1) is 16.9. The van der Waals surface area contributed by atoms with Crippen LogP contribution in [-0.2, 0) is 6.42 Å². The van der Waals surface area contributed by atoms with E-state index in [2.05, 4.69) is 0 Å². The molecule has 0 fully saturated rings. The predicted molar refractivity (Wildman–Crippen MR) is 110 cm³/mol. The van der Waals surface area contributed by atoms with Gasteiger partial charge >= 0.3 is 0 Å². The average molecular weight is 352 g/mol. The maximum atomic E-state index is 10.0. The molecule has 2 nitrogen and oxygen atoms in total. The van der Waals surface area contributed by atoms with E-state index in [1.807, 2.05) is 84.9 Å². The van der Waals surface area contributed by atoms with Crippen molar-refractivity contribution in [2.75, 3.05) is 0 Å². The molecule has 0 aliphatic carbocycles. The molecule has 0 amide bonds. The number of hydrogen-bond donors (Lipinski definition) is 2. The summed E-state index contributed by atoms with van der Waals surface area (Å²) in [5.41, 5.74) is 6.43. The van der Waals surface area contributed by atoms with Crippen LogP contribution < -0.4 is 0 Å². The van der Waals surface area contributed by atoms with Crippen LogP contribution >= 0.6 is 0 Å². The van der Waals surface area contributed by atoms with Crippen molar-refractivity contribution in [2.24, 2.45) is 0 Å². The van der Waals surface area contributed by atoms with E-state index in [1.54, 1.807) is 12.1 Å². The zero-order valence-corrected chi connectivity index (χ0v) is 14.8. The fourth-order valence-electron chi connectivity index (χ4n) is 3.42. The fourth-order valence-corrected chi connectivity index (χ4v) is 3.42. The molecular formula is C25H20O2. The molecule has 132 valence electrons. The molecule has 0 spiro atoms. The van der Waals surface area contributed by atoms with Gasteiger partial charge in [-0.1, -0.05) is 72.8 Å². The predicted octanol–water partition coefficient (Wildman–Crippen LogP) is 6.02. The van der Waals surface area contributed by atoms with Gasteiger partial charge in [0.15, 0.2) is 0 Å². The van der Waals surface area contributed by atoms with Crippen molar-refractivity contribution in [3.8, 4) is 33.8 Å². The van der Waals surface area contributed by atoms with E-state index in [9.17, 15) is 10.2 Å². The normalized spacial score (nSPS) is 10.7. The maximum absolute atomic E-state index is 10.0. The molecule has 0 saturated carbocycles. The van der Waals surface area contributed by atoms with Gasteiger partial charge in [-0.05, 0) is 64.1 Å². The lowest BCUT2D eigenvalue weighted by Gasteiger charge is -2.14. The van der Waals surface area contributed by atoms with Crippen LogP contribution in [0.5, 0.6) is 11.5 Å². The van der Waals surface area contributed by atoms with Gasteiger partial charge < -0.3 is 10.2 Å². The molecule has 4 rings (SSSR count). The Balaban J connectivity index is 1.80. The number of hydrogen-bond acceptors (Lipinski definition) is 2. The summed E-state index contributed by atoms with van der Waals surface area (Å²) in [6.07, 6.45) is 0.703. The zero-order chi connectivity index (χ0) is 18.6. The van der Waals surface area contributed by atoms with Crippen LogP contribution in [0.3, 0.4) is 0 Å². The van der Waals surface area contributed by atoms with Gasteiger partial charge in [0.2, 0.25) is 0 Å². The SMILES string of the molecule is Oc1ccc(Cc2ccc(O)cc2-c2ccccc2)c(-c2ccccc2)c1.